The van der Waals surface area contributed by atoms with Gasteiger partial charge in [-0.25, -0.2) is 0 Å². The Morgan fingerprint density at radius 3 is 2.37 bits per heavy atom. The van der Waals surface area contributed by atoms with E-state index in [1.54, 1.807) is 6.92 Å². The number of carbonyl (C=O) groups is 2. The Labute approximate surface area is 109 Å². The van der Waals surface area contributed by atoms with Gasteiger partial charge in [0.1, 0.15) is 6.54 Å². The Morgan fingerprint density at radius 1 is 1.32 bits per heavy atom. The standard InChI is InChI=1S/C12H14N2O5/c1-3-19-11(15)8-13(2)12(16)9-4-6-10(7-5-9)14(17)18/h4-7H,3,8H2,1-2H3. The number of nitro benzene ring substituents is 1. The highest BCUT2D eigenvalue weighted by Gasteiger charge is 2.16. The van der Waals surface area contributed by atoms with Crippen molar-refractivity contribution in [3.63, 3.8) is 0 Å². The van der Waals surface area contributed by atoms with E-state index < -0.39 is 16.8 Å². The lowest BCUT2D eigenvalue weighted by atomic mass is 10.2. The summed E-state index contributed by atoms with van der Waals surface area (Å²) in [7, 11) is 1.46. The zero-order chi connectivity index (χ0) is 14.4. The SMILES string of the molecule is CCOC(=O)CN(C)C(=O)c1ccc([N+](=O)[O-])cc1. The molecule has 1 aromatic rings. The van der Waals surface area contributed by atoms with E-state index >= 15 is 0 Å². The van der Waals surface area contributed by atoms with E-state index in [4.69, 9.17) is 4.74 Å². The van der Waals surface area contributed by atoms with Gasteiger partial charge >= 0.3 is 5.97 Å². The van der Waals surface area contributed by atoms with Crippen LogP contribution in [-0.4, -0.2) is 41.9 Å². The molecule has 0 fully saturated rings. The third-order valence-corrected chi connectivity index (χ3v) is 2.34. The van der Waals surface area contributed by atoms with Crippen molar-refractivity contribution >= 4 is 17.6 Å². The Kier molecular flexibility index (Phi) is 4.99. The van der Waals surface area contributed by atoms with Crippen LogP contribution >= 0.6 is 0 Å². The molecule has 1 amide bonds. The number of rotatable bonds is 5. The largest absolute Gasteiger partial charge is 0.465 e. The minimum absolute atomic E-state index is 0.0930. The average molecular weight is 266 g/mol. The van der Waals surface area contributed by atoms with Crippen LogP contribution in [0.5, 0.6) is 0 Å². The molecule has 0 radical (unpaired) electrons. The van der Waals surface area contributed by atoms with Crippen LogP contribution in [0.25, 0.3) is 0 Å². The zero-order valence-electron chi connectivity index (χ0n) is 10.7. The highest BCUT2D eigenvalue weighted by Crippen LogP contribution is 2.13. The number of hydrogen-bond acceptors (Lipinski definition) is 5. The normalized spacial score (nSPS) is 9.79. The predicted molar refractivity (Wildman–Crippen MR) is 66.7 cm³/mol. The van der Waals surface area contributed by atoms with Crippen LogP contribution in [-0.2, 0) is 9.53 Å². The lowest BCUT2D eigenvalue weighted by Crippen LogP contribution is -2.33. The molecule has 0 N–H and O–H groups in total. The maximum Gasteiger partial charge on any atom is 0.325 e. The summed E-state index contributed by atoms with van der Waals surface area (Å²) in [6, 6.07) is 5.18. The molecule has 0 atom stereocenters. The molecule has 0 heterocycles. The number of hydrogen-bond donors (Lipinski definition) is 0. The van der Waals surface area contributed by atoms with Gasteiger partial charge in [0.05, 0.1) is 11.5 Å². The van der Waals surface area contributed by atoms with Crippen molar-refractivity contribution in [1.82, 2.24) is 4.90 Å². The number of esters is 1. The predicted octanol–water partition coefficient (Wildman–Crippen LogP) is 1.23. The minimum Gasteiger partial charge on any atom is -0.465 e. The molecule has 0 aromatic heterocycles. The van der Waals surface area contributed by atoms with Crippen molar-refractivity contribution in [2.45, 2.75) is 6.92 Å². The second kappa shape index (κ2) is 6.48. The van der Waals surface area contributed by atoms with Crippen molar-refractivity contribution in [1.29, 1.82) is 0 Å². The average Bonchev–Trinajstić information content (AvgIpc) is 2.38. The minimum atomic E-state index is -0.545. The first-order chi connectivity index (χ1) is 8.95. The van der Waals surface area contributed by atoms with Crippen LogP contribution in [0.3, 0.4) is 0 Å². The van der Waals surface area contributed by atoms with Crippen molar-refractivity contribution in [2.75, 3.05) is 20.2 Å². The van der Waals surface area contributed by atoms with E-state index in [2.05, 4.69) is 0 Å². The highest BCUT2D eigenvalue weighted by atomic mass is 16.6. The van der Waals surface area contributed by atoms with E-state index in [0.717, 1.165) is 0 Å². The van der Waals surface area contributed by atoms with Crippen LogP contribution in [0.4, 0.5) is 5.69 Å². The maximum absolute atomic E-state index is 11.9. The first-order valence-corrected chi connectivity index (χ1v) is 5.61. The highest BCUT2D eigenvalue weighted by molar-refractivity contribution is 5.95. The summed E-state index contributed by atoms with van der Waals surface area (Å²) in [5, 5.41) is 10.5. The number of likely N-dealkylation sites (N-methyl/N-ethyl adjacent to an activating group) is 1. The van der Waals surface area contributed by atoms with Crippen LogP contribution in [0, 0.1) is 10.1 Å². The van der Waals surface area contributed by atoms with E-state index in [1.807, 2.05) is 0 Å². The van der Waals surface area contributed by atoms with Gasteiger partial charge in [0.2, 0.25) is 0 Å². The molecular weight excluding hydrogens is 252 g/mol. The molecule has 19 heavy (non-hydrogen) atoms. The van der Waals surface area contributed by atoms with Crippen LogP contribution in [0.1, 0.15) is 17.3 Å². The fraction of sp³-hybridized carbons (Fsp3) is 0.333. The molecule has 0 saturated carbocycles. The third kappa shape index (κ3) is 4.06. The van der Waals surface area contributed by atoms with Crippen LogP contribution in [0.15, 0.2) is 24.3 Å². The third-order valence-electron chi connectivity index (χ3n) is 2.34. The van der Waals surface area contributed by atoms with E-state index in [-0.39, 0.29) is 24.4 Å². The maximum atomic E-state index is 11.9. The van der Waals surface area contributed by atoms with E-state index in [1.165, 1.54) is 36.2 Å². The van der Waals surface area contributed by atoms with Crippen LogP contribution in [0.2, 0.25) is 0 Å². The van der Waals surface area contributed by atoms with E-state index in [0.29, 0.717) is 0 Å². The summed E-state index contributed by atoms with van der Waals surface area (Å²) < 4.78 is 4.73. The molecule has 0 aliphatic rings. The van der Waals surface area contributed by atoms with Gasteiger partial charge in [-0.3, -0.25) is 19.7 Å². The van der Waals surface area contributed by atoms with Crippen molar-refractivity contribution in [2.24, 2.45) is 0 Å². The molecule has 0 bridgehead atoms. The summed E-state index contributed by atoms with van der Waals surface area (Å²) in [4.78, 5) is 34.3. The summed E-state index contributed by atoms with van der Waals surface area (Å²) in [5.41, 5.74) is 0.182. The lowest BCUT2D eigenvalue weighted by molar-refractivity contribution is -0.384. The van der Waals surface area contributed by atoms with Gasteiger partial charge in [0.15, 0.2) is 0 Å². The summed E-state index contributed by atoms with van der Waals surface area (Å²) in [6.07, 6.45) is 0. The Hall–Kier alpha value is -2.44. The molecule has 0 aliphatic heterocycles. The fourth-order valence-electron chi connectivity index (χ4n) is 1.42. The molecular formula is C12H14N2O5. The van der Waals surface area contributed by atoms with E-state index in [9.17, 15) is 19.7 Å². The molecule has 1 rings (SSSR count). The number of nitro groups is 1. The molecule has 0 saturated heterocycles. The number of nitrogens with zero attached hydrogens (tertiary/aromatic N) is 2. The first-order valence-electron chi connectivity index (χ1n) is 5.61. The van der Waals surface area contributed by atoms with Gasteiger partial charge in [-0.2, -0.15) is 0 Å². The molecule has 102 valence electrons. The molecule has 0 aliphatic carbocycles. The smallest absolute Gasteiger partial charge is 0.325 e. The van der Waals surface area contributed by atoms with Gasteiger partial charge in [-0.1, -0.05) is 0 Å². The van der Waals surface area contributed by atoms with Gasteiger partial charge in [-0.15, -0.1) is 0 Å². The summed E-state index contributed by atoms with van der Waals surface area (Å²) in [6.45, 7) is 1.76. The molecule has 0 unspecified atom stereocenters. The number of ether oxygens (including phenoxy) is 1. The first kappa shape index (κ1) is 14.6. The van der Waals surface area contributed by atoms with Crippen LogP contribution < -0.4 is 0 Å². The van der Waals surface area contributed by atoms with Crippen molar-refractivity contribution in [3.8, 4) is 0 Å². The lowest BCUT2D eigenvalue weighted by Gasteiger charge is -2.15. The van der Waals surface area contributed by atoms with Gasteiger partial charge in [-0.05, 0) is 19.1 Å². The Bertz CT molecular complexity index is 483. The van der Waals surface area contributed by atoms with Gasteiger partial charge in [0.25, 0.3) is 11.6 Å². The second-order valence-electron chi connectivity index (χ2n) is 3.77. The Morgan fingerprint density at radius 2 is 1.89 bits per heavy atom. The number of benzene rings is 1. The number of amides is 1. The number of carbonyl (C=O) groups excluding carboxylic acids is 2. The monoisotopic (exact) mass is 266 g/mol. The van der Waals surface area contributed by atoms with Gasteiger partial charge in [0, 0.05) is 24.7 Å². The summed E-state index contributed by atoms with van der Waals surface area (Å²) in [5.74, 6) is -0.900. The van der Waals surface area contributed by atoms with Gasteiger partial charge < -0.3 is 9.64 Å². The Balaban J connectivity index is 2.71. The summed E-state index contributed by atoms with van der Waals surface area (Å²) >= 11 is 0. The second-order valence-corrected chi connectivity index (χ2v) is 3.77. The van der Waals surface area contributed by atoms with Crippen molar-refractivity contribution < 1.29 is 19.2 Å². The topological polar surface area (TPSA) is 89.8 Å². The fourth-order valence-corrected chi connectivity index (χ4v) is 1.42. The number of non-ortho nitro benzene ring substituents is 1. The zero-order valence-corrected chi connectivity index (χ0v) is 10.7. The van der Waals surface area contributed by atoms with Crippen molar-refractivity contribution in [3.05, 3.63) is 39.9 Å². The molecule has 1 aromatic carbocycles. The quantitative estimate of drug-likeness (QED) is 0.454. The molecule has 0 spiro atoms. The molecule has 7 nitrogen and oxygen atoms in total. The molecule has 7 heteroatoms.